The Hall–Kier alpha value is -1.11. The quantitative estimate of drug-likeness (QED) is 0.631. The van der Waals surface area contributed by atoms with E-state index in [9.17, 15) is 8.42 Å². The zero-order valence-corrected chi connectivity index (χ0v) is 9.16. The molecule has 1 atom stereocenters. The van der Waals surface area contributed by atoms with Gasteiger partial charge in [-0.25, -0.2) is 13.1 Å². The van der Waals surface area contributed by atoms with Crippen LogP contribution < -0.4 is 10.5 Å². The van der Waals surface area contributed by atoms with E-state index in [-0.39, 0.29) is 11.5 Å². The summed E-state index contributed by atoms with van der Waals surface area (Å²) in [7, 11) is -3.55. The van der Waals surface area contributed by atoms with Gasteiger partial charge in [-0.15, -0.1) is 0 Å². The monoisotopic (exact) mass is 230 g/mol. The van der Waals surface area contributed by atoms with Gasteiger partial charge in [0.25, 0.3) is 0 Å². The molecule has 0 unspecified atom stereocenters. The van der Waals surface area contributed by atoms with E-state index in [0.29, 0.717) is 5.69 Å². The number of hydrogen-bond donors (Lipinski definition) is 3. The second-order valence-electron chi connectivity index (χ2n) is 3.27. The van der Waals surface area contributed by atoms with Crippen LogP contribution in [0.4, 0.5) is 5.69 Å². The third-order valence-electron chi connectivity index (χ3n) is 1.82. The molecular formula is C9H14N2O3S. The summed E-state index contributed by atoms with van der Waals surface area (Å²) in [4.78, 5) is 0.136. The van der Waals surface area contributed by atoms with Crippen molar-refractivity contribution in [3.05, 3.63) is 24.3 Å². The number of benzene rings is 1. The minimum absolute atomic E-state index is 0.136. The summed E-state index contributed by atoms with van der Waals surface area (Å²) >= 11 is 0. The van der Waals surface area contributed by atoms with Crippen molar-refractivity contribution in [3.63, 3.8) is 0 Å². The second-order valence-corrected chi connectivity index (χ2v) is 4.99. The Labute approximate surface area is 89.0 Å². The van der Waals surface area contributed by atoms with Gasteiger partial charge in [-0.2, -0.15) is 0 Å². The van der Waals surface area contributed by atoms with Crippen molar-refractivity contribution in [2.24, 2.45) is 0 Å². The van der Waals surface area contributed by atoms with Crippen molar-refractivity contribution < 1.29 is 13.5 Å². The lowest BCUT2D eigenvalue weighted by atomic mass is 10.3. The van der Waals surface area contributed by atoms with Gasteiger partial charge >= 0.3 is 0 Å². The maximum Gasteiger partial charge on any atom is 0.240 e. The number of sulfonamides is 1. The molecular weight excluding hydrogens is 216 g/mol. The number of hydrogen-bond acceptors (Lipinski definition) is 4. The van der Waals surface area contributed by atoms with Crippen LogP contribution in [0.1, 0.15) is 6.92 Å². The van der Waals surface area contributed by atoms with E-state index in [4.69, 9.17) is 10.8 Å². The fourth-order valence-corrected chi connectivity index (χ4v) is 2.25. The van der Waals surface area contributed by atoms with Gasteiger partial charge in [-0.05, 0) is 31.2 Å². The van der Waals surface area contributed by atoms with Gasteiger partial charge in [0.2, 0.25) is 10.0 Å². The molecule has 6 heteroatoms. The number of aliphatic hydroxyl groups is 1. The van der Waals surface area contributed by atoms with Crippen molar-refractivity contribution in [1.29, 1.82) is 0 Å². The molecule has 1 rings (SSSR count). The largest absolute Gasteiger partial charge is 0.399 e. The number of anilines is 1. The number of aliphatic hydroxyl groups excluding tert-OH is 1. The molecule has 4 N–H and O–H groups in total. The predicted octanol–water partition coefficient (Wildman–Crippen LogP) is -0.0721. The Kier molecular flexibility index (Phi) is 3.67. The number of nitrogens with one attached hydrogen (secondary N) is 1. The Morgan fingerprint density at radius 3 is 2.40 bits per heavy atom. The lowest BCUT2D eigenvalue weighted by Gasteiger charge is -2.11. The second kappa shape index (κ2) is 4.61. The SMILES string of the molecule is C[C@H](CO)NS(=O)(=O)c1ccc(N)cc1. The van der Waals surface area contributed by atoms with Crippen LogP contribution in [-0.2, 0) is 10.0 Å². The molecule has 0 aliphatic rings. The lowest BCUT2D eigenvalue weighted by molar-refractivity contribution is 0.265. The summed E-state index contributed by atoms with van der Waals surface area (Å²) in [5.41, 5.74) is 5.95. The van der Waals surface area contributed by atoms with E-state index >= 15 is 0 Å². The van der Waals surface area contributed by atoms with Gasteiger partial charge < -0.3 is 10.8 Å². The van der Waals surface area contributed by atoms with Gasteiger partial charge in [-0.1, -0.05) is 0 Å². The van der Waals surface area contributed by atoms with Crippen LogP contribution in [0.3, 0.4) is 0 Å². The molecule has 0 fully saturated rings. The highest BCUT2D eigenvalue weighted by Gasteiger charge is 2.16. The van der Waals surface area contributed by atoms with Crippen LogP contribution in [0.2, 0.25) is 0 Å². The summed E-state index contributed by atoms with van der Waals surface area (Å²) in [5, 5.41) is 8.74. The topological polar surface area (TPSA) is 92.4 Å². The molecule has 15 heavy (non-hydrogen) atoms. The van der Waals surface area contributed by atoms with Gasteiger partial charge in [0.1, 0.15) is 0 Å². The van der Waals surface area contributed by atoms with Gasteiger partial charge in [-0.3, -0.25) is 0 Å². The van der Waals surface area contributed by atoms with Crippen molar-refractivity contribution >= 4 is 15.7 Å². The fraction of sp³-hybridized carbons (Fsp3) is 0.333. The molecule has 5 nitrogen and oxygen atoms in total. The molecule has 1 aromatic rings. The predicted molar refractivity (Wildman–Crippen MR) is 57.7 cm³/mol. The number of rotatable bonds is 4. The average Bonchev–Trinajstić information content (AvgIpc) is 2.17. The molecule has 0 aliphatic carbocycles. The molecule has 0 amide bonds. The molecule has 0 radical (unpaired) electrons. The van der Waals surface area contributed by atoms with Gasteiger partial charge in [0.05, 0.1) is 11.5 Å². The molecule has 1 aromatic carbocycles. The molecule has 84 valence electrons. The van der Waals surface area contributed by atoms with E-state index in [1.54, 1.807) is 6.92 Å². The fourth-order valence-electron chi connectivity index (χ4n) is 1.02. The first-order chi connectivity index (χ1) is 6.95. The Bertz CT molecular complexity index is 413. The summed E-state index contributed by atoms with van der Waals surface area (Å²) in [6.07, 6.45) is 0. The molecule has 0 heterocycles. The van der Waals surface area contributed by atoms with Crippen LogP contribution in [0, 0.1) is 0 Å². The van der Waals surface area contributed by atoms with Gasteiger partial charge in [0.15, 0.2) is 0 Å². The zero-order valence-electron chi connectivity index (χ0n) is 8.34. The zero-order chi connectivity index (χ0) is 11.5. The smallest absolute Gasteiger partial charge is 0.240 e. The molecule has 0 saturated carbocycles. The third-order valence-corrected chi connectivity index (χ3v) is 3.43. The standard InChI is InChI=1S/C9H14N2O3S/c1-7(6-12)11-15(13,14)9-4-2-8(10)3-5-9/h2-5,7,11-12H,6,10H2,1H3/t7-/m1/s1. The normalized spacial score (nSPS) is 13.7. The summed E-state index contributed by atoms with van der Waals surface area (Å²) in [6.45, 7) is 1.34. The summed E-state index contributed by atoms with van der Waals surface area (Å²) in [5.74, 6) is 0. The van der Waals surface area contributed by atoms with E-state index < -0.39 is 16.1 Å². The van der Waals surface area contributed by atoms with E-state index in [1.165, 1.54) is 24.3 Å². The molecule has 0 aromatic heterocycles. The van der Waals surface area contributed by atoms with E-state index in [0.717, 1.165) is 0 Å². The van der Waals surface area contributed by atoms with Crippen molar-refractivity contribution in [3.8, 4) is 0 Å². The number of nitrogen functional groups attached to an aromatic ring is 1. The maximum absolute atomic E-state index is 11.6. The van der Waals surface area contributed by atoms with Crippen LogP contribution in [0.15, 0.2) is 29.2 Å². The molecule has 0 spiro atoms. The van der Waals surface area contributed by atoms with E-state index in [1.807, 2.05) is 0 Å². The van der Waals surface area contributed by atoms with Crippen LogP contribution in [0.5, 0.6) is 0 Å². The van der Waals surface area contributed by atoms with Crippen molar-refractivity contribution in [1.82, 2.24) is 4.72 Å². The lowest BCUT2D eigenvalue weighted by Crippen LogP contribution is -2.34. The maximum atomic E-state index is 11.6. The minimum Gasteiger partial charge on any atom is -0.399 e. The Morgan fingerprint density at radius 2 is 1.93 bits per heavy atom. The summed E-state index contributed by atoms with van der Waals surface area (Å²) < 4.78 is 25.6. The minimum atomic E-state index is -3.55. The average molecular weight is 230 g/mol. The first kappa shape index (κ1) is 12.0. The van der Waals surface area contributed by atoms with Crippen LogP contribution in [-0.4, -0.2) is 26.2 Å². The summed E-state index contributed by atoms with van der Waals surface area (Å²) in [6, 6.07) is 5.35. The highest BCUT2D eigenvalue weighted by Crippen LogP contribution is 2.11. The van der Waals surface area contributed by atoms with Crippen molar-refractivity contribution in [2.45, 2.75) is 17.9 Å². The highest BCUT2D eigenvalue weighted by molar-refractivity contribution is 7.89. The Balaban J connectivity index is 2.91. The van der Waals surface area contributed by atoms with Crippen LogP contribution >= 0.6 is 0 Å². The first-order valence-corrected chi connectivity index (χ1v) is 5.93. The van der Waals surface area contributed by atoms with E-state index in [2.05, 4.69) is 4.72 Å². The van der Waals surface area contributed by atoms with Crippen molar-refractivity contribution in [2.75, 3.05) is 12.3 Å². The molecule has 0 saturated heterocycles. The van der Waals surface area contributed by atoms with Crippen LogP contribution in [0.25, 0.3) is 0 Å². The number of nitrogens with two attached hydrogens (primary N) is 1. The molecule has 0 aliphatic heterocycles. The molecule has 0 bridgehead atoms. The highest BCUT2D eigenvalue weighted by atomic mass is 32.2. The van der Waals surface area contributed by atoms with Gasteiger partial charge in [0, 0.05) is 11.7 Å². The third kappa shape index (κ3) is 3.19. The Morgan fingerprint density at radius 1 is 1.40 bits per heavy atom. The first-order valence-electron chi connectivity index (χ1n) is 4.44.